The van der Waals surface area contributed by atoms with Crippen molar-refractivity contribution < 1.29 is 14.3 Å². The first-order valence-electron chi connectivity index (χ1n) is 6.27. The van der Waals surface area contributed by atoms with Gasteiger partial charge in [0.15, 0.2) is 0 Å². The lowest BCUT2D eigenvalue weighted by atomic mass is 9.93. The Hall–Kier alpha value is -1.06. The fourth-order valence-corrected chi connectivity index (χ4v) is 2.34. The Labute approximate surface area is 103 Å². The van der Waals surface area contributed by atoms with Crippen LogP contribution in [0.25, 0.3) is 0 Å². The maximum absolute atomic E-state index is 11.5. The number of hydrogen-bond acceptors (Lipinski definition) is 3. The Bertz CT molecular complexity index is 294. The quantitative estimate of drug-likeness (QED) is 0.826. The monoisotopic (exact) mass is 241 g/mol. The van der Waals surface area contributed by atoms with Crippen LogP contribution in [0.2, 0.25) is 0 Å². The molecular formula is C13H23NO3. The molecule has 0 aromatic carbocycles. The maximum atomic E-state index is 11.5. The molecule has 0 aliphatic heterocycles. The molecule has 0 aromatic rings. The lowest BCUT2D eigenvalue weighted by Gasteiger charge is -2.22. The van der Waals surface area contributed by atoms with E-state index in [2.05, 4.69) is 5.32 Å². The fourth-order valence-electron chi connectivity index (χ4n) is 2.34. The summed E-state index contributed by atoms with van der Waals surface area (Å²) in [7, 11) is 0. The first-order chi connectivity index (χ1) is 7.79. The third-order valence-corrected chi connectivity index (χ3v) is 3.09. The average molecular weight is 241 g/mol. The molecule has 1 fully saturated rings. The minimum Gasteiger partial charge on any atom is -0.444 e. The van der Waals surface area contributed by atoms with Crippen molar-refractivity contribution in [2.45, 2.75) is 52.6 Å². The van der Waals surface area contributed by atoms with E-state index in [-0.39, 0.29) is 17.6 Å². The van der Waals surface area contributed by atoms with Crippen LogP contribution in [-0.4, -0.2) is 24.0 Å². The Kier molecular flexibility index (Phi) is 4.54. The van der Waals surface area contributed by atoms with Crippen molar-refractivity contribution in [3.8, 4) is 0 Å². The van der Waals surface area contributed by atoms with E-state index >= 15 is 0 Å². The van der Waals surface area contributed by atoms with Gasteiger partial charge in [0.2, 0.25) is 0 Å². The molecule has 0 bridgehead atoms. The molecule has 1 saturated carbocycles. The number of nitrogens with one attached hydrogen (secondary N) is 1. The average Bonchev–Trinajstić information content (AvgIpc) is 2.59. The number of amides is 1. The Morgan fingerprint density at radius 2 is 1.94 bits per heavy atom. The highest BCUT2D eigenvalue weighted by atomic mass is 16.6. The molecule has 1 amide bonds. The molecule has 1 N–H and O–H groups in total. The molecule has 1 aliphatic carbocycles. The van der Waals surface area contributed by atoms with Crippen molar-refractivity contribution in [3.05, 3.63) is 0 Å². The summed E-state index contributed by atoms with van der Waals surface area (Å²) in [5, 5.41) is 2.75. The standard InChI is InChI=1S/C13H23NO3/c1-9(15)11-7-5-6-10(11)8-14-12(16)17-13(2,3)4/h10-11H,5-8H2,1-4H3,(H,14,16). The topological polar surface area (TPSA) is 55.4 Å². The molecule has 17 heavy (non-hydrogen) atoms. The van der Waals surface area contributed by atoms with Crippen molar-refractivity contribution in [1.82, 2.24) is 5.32 Å². The van der Waals surface area contributed by atoms with E-state index in [0.29, 0.717) is 6.54 Å². The summed E-state index contributed by atoms with van der Waals surface area (Å²) < 4.78 is 5.16. The highest BCUT2D eigenvalue weighted by Gasteiger charge is 2.31. The van der Waals surface area contributed by atoms with Gasteiger partial charge in [0.1, 0.15) is 11.4 Å². The van der Waals surface area contributed by atoms with Crippen LogP contribution in [-0.2, 0) is 9.53 Å². The summed E-state index contributed by atoms with van der Waals surface area (Å²) in [4.78, 5) is 22.9. The lowest BCUT2D eigenvalue weighted by Crippen LogP contribution is -2.36. The summed E-state index contributed by atoms with van der Waals surface area (Å²) in [5.41, 5.74) is -0.472. The summed E-state index contributed by atoms with van der Waals surface area (Å²) >= 11 is 0. The van der Waals surface area contributed by atoms with Crippen LogP contribution >= 0.6 is 0 Å². The van der Waals surface area contributed by atoms with Crippen LogP contribution in [0.4, 0.5) is 4.79 Å². The number of carbonyl (C=O) groups excluding carboxylic acids is 2. The number of carbonyl (C=O) groups is 2. The van der Waals surface area contributed by atoms with Gasteiger partial charge in [-0.2, -0.15) is 0 Å². The molecule has 4 nitrogen and oxygen atoms in total. The molecule has 0 spiro atoms. The first-order valence-corrected chi connectivity index (χ1v) is 6.27. The van der Waals surface area contributed by atoms with Crippen molar-refractivity contribution in [2.24, 2.45) is 11.8 Å². The van der Waals surface area contributed by atoms with Gasteiger partial charge in [0, 0.05) is 12.5 Å². The number of hydrogen-bond donors (Lipinski definition) is 1. The second-order valence-electron chi connectivity index (χ2n) is 5.79. The second kappa shape index (κ2) is 5.52. The lowest BCUT2D eigenvalue weighted by molar-refractivity contribution is -0.121. The molecule has 4 heteroatoms. The maximum Gasteiger partial charge on any atom is 0.407 e. The summed E-state index contributed by atoms with van der Waals surface area (Å²) in [6.45, 7) is 7.68. The van der Waals surface area contributed by atoms with Gasteiger partial charge in [0.05, 0.1) is 0 Å². The van der Waals surface area contributed by atoms with Gasteiger partial charge in [-0.15, -0.1) is 0 Å². The van der Waals surface area contributed by atoms with Crippen LogP contribution in [0.15, 0.2) is 0 Å². The molecular weight excluding hydrogens is 218 g/mol. The van der Waals surface area contributed by atoms with Gasteiger partial charge >= 0.3 is 6.09 Å². The van der Waals surface area contributed by atoms with Crippen LogP contribution in [0.1, 0.15) is 47.0 Å². The van der Waals surface area contributed by atoms with E-state index in [1.165, 1.54) is 0 Å². The highest BCUT2D eigenvalue weighted by molar-refractivity contribution is 5.79. The molecule has 0 radical (unpaired) electrons. The second-order valence-corrected chi connectivity index (χ2v) is 5.79. The van der Waals surface area contributed by atoms with Crippen LogP contribution in [0.3, 0.4) is 0 Å². The van der Waals surface area contributed by atoms with Crippen molar-refractivity contribution in [2.75, 3.05) is 6.54 Å². The number of rotatable bonds is 3. The van der Waals surface area contributed by atoms with Crippen LogP contribution in [0, 0.1) is 11.8 Å². The Morgan fingerprint density at radius 1 is 1.29 bits per heavy atom. The number of Topliss-reactive ketones (excluding diaryl/α,β-unsaturated/α-hetero) is 1. The summed E-state index contributed by atoms with van der Waals surface area (Å²) in [6, 6.07) is 0. The Morgan fingerprint density at radius 3 is 2.47 bits per heavy atom. The Balaban J connectivity index is 2.35. The van der Waals surface area contributed by atoms with Crippen molar-refractivity contribution >= 4 is 11.9 Å². The minimum absolute atomic E-state index is 0.116. The van der Waals surface area contributed by atoms with E-state index in [9.17, 15) is 9.59 Å². The third kappa shape index (κ3) is 4.75. The zero-order valence-corrected chi connectivity index (χ0v) is 11.2. The van der Waals surface area contributed by atoms with E-state index < -0.39 is 11.7 Å². The predicted octanol–water partition coefficient (Wildman–Crippen LogP) is 2.52. The van der Waals surface area contributed by atoms with Crippen molar-refractivity contribution in [1.29, 1.82) is 0 Å². The third-order valence-electron chi connectivity index (χ3n) is 3.09. The van der Waals surface area contributed by atoms with Crippen LogP contribution < -0.4 is 5.32 Å². The van der Waals surface area contributed by atoms with Gasteiger partial charge < -0.3 is 10.1 Å². The van der Waals surface area contributed by atoms with Gasteiger partial charge in [-0.1, -0.05) is 6.42 Å². The van der Waals surface area contributed by atoms with E-state index in [0.717, 1.165) is 19.3 Å². The zero-order chi connectivity index (χ0) is 13.1. The van der Waals surface area contributed by atoms with Gasteiger partial charge in [-0.25, -0.2) is 4.79 Å². The van der Waals surface area contributed by atoms with Crippen LogP contribution in [0.5, 0.6) is 0 Å². The highest BCUT2D eigenvalue weighted by Crippen LogP contribution is 2.31. The minimum atomic E-state index is -0.472. The van der Waals surface area contributed by atoms with E-state index in [1.807, 2.05) is 20.8 Å². The first kappa shape index (κ1) is 14.0. The SMILES string of the molecule is CC(=O)C1CCCC1CNC(=O)OC(C)(C)C. The van der Waals surface area contributed by atoms with E-state index in [4.69, 9.17) is 4.74 Å². The normalized spacial score (nSPS) is 24.5. The molecule has 98 valence electrons. The van der Waals surface area contributed by atoms with Crippen molar-refractivity contribution in [3.63, 3.8) is 0 Å². The largest absolute Gasteiger partial charge is 0.444 e. The summed E-state index contributed by atoms with van der Waals surface area (Å²) in [6.07, 6.45) is 2.65. The predicted molar refractivity (Wildman–Crippen MR) is 65.7 cm³/mol. The summed E-state index contributed by atoms with van der Waals surface area (Å²) in [5.74, 6) is 0.628. The fraction of sp³-hybridized carbons (Fsp3) is 0.846. The smallest absolute Gasteiger partial charge is 0.407 e. The molecule has 2 atom stereocenters. The molecule has 2 unspecified atom stereocenters. The molecule has 1 aliphatic rings. The number of alkyl carbamates (subject to hydrolysis) is 1. The zero-order valence-electron chi connectivity index (χ0n) is 11.2. The molecule has 1 rings (SSSR count). The molecule has 0 heterocycles. The number of ketones is 1. The van der Waals surface area contributed by atoms with Gasteiger partial charge in [0.25, 0.3) is 0 Å². The molecule has 0 aromatic heterocycles. The molecule has 0 saturated heterocycles. The van der Waals surface area contributed by atoms with E-state index in [1.54, 1.807) is 6.92 Å². The van der Waals surface area contributed by atoms with Gasteiger partial charge in [-0.05, 0) is 46.5 Å². The van der Waals surface area contributed by atoms with Gasteiger partial charge in [-0.3, -0.25) is 4.79 Å². The number of ether oxygens (including phenoxy) is 1.